The van der Waals surface area contributed by atoms with Crippen LogP contribution in [0.1, 0.15) is 64.3 Å². The van der Waals surface area contributed by atoms with E-state index >= 15 is 0 Å². The van der Waals surface area contributed by atoms with E-state index < -0.39 is 5.91 Å². The number of aldehydes is 1. The summed E-state index contributed by atoms with van der Waals surface area (Å²) in [5, 5.41) is 9.02. The molecular weight excluding hydrogens is 460 g/mol. The number of esters is 1. The molecule has 0 bridgehead atoms. The monoisotopic (exact) mass is 492 g/mol. The van der Waals surface area contributed by atoms with Crippen LogP contribution in [0.5, 0.6) is 0 Å². The molecule has 0 fully saturated rings. The lowest BCUT2D eigenvalue weighted by Crippen LogP contribution is -2.27. The Hall–Kier alpha value is -4.30. The van der Waals surface area contributed by atoms with Gasteiger partial charge in [0.05, 0.1) is 17.9 Å². The molecule has 2 N–H and O–H groups in total. The highest BCUT2D eigenvalue weighted by Crippen LogP contribution is 2.21. The van der Waals surface area contributed by atoms with Crippen LogP contribution in [0.2, 0.25) is 0 Å². The minimum atomic E-state index is -0.395. The number of nitrogens with zero attached hydrogens (tertiary/aromatic N) is 1. The van der Waals surface area contributed by atoms with E-state index in [9.17, 15) is 19.2 Å². The number of hydrogen-bond donors (Lipinski definition) is 2. The predicted molar refractivity (Wildman–Crippen MR) is 140 cm³/mol. The molecule has 36 heavy (non-hydrogen) atoms. The number of hydrogen-bond acceptors (Lipinski definition) is 7. The standard InChI is InChI=1S/C22H18N2O4.C4H8O2.C2H6/c1-24(19-8-3-2-4-9-19)22(27)20-13-16(10-11-17(20)14-25)21(26)15-6-5-7-18(12-15)23-28;1-3-6-4(2)5;1-2/h2-14,23,28H,1H3;3H2,1-2H3;1-2H3. The van der Waals surface area contributed by atoms with Crippen LogP contribution in [0.15, 0.2) is 72.8 Å². The van der Waals surface area contributed by atoms with Crippen LogP contribution in [0.25, 0.3) is 0 Å². The summed E-state index contributed by atoms with van der Waals surface area (Å²) in [6.07, 6.45) is 0.594. The van der Waals surface area contributed by atoms with Crippen LogP contribution < -0.4 is 10.4 Å². The fourth-order valence-electron chi connectivity index (χ4n) is 3.03. The van der Waals surface area contributed by atoms with Crippen LogP contribution in [0, 0.1) is 0 Å². The van der Waals surface area contributed by atoms with Crippen molar-refractivity contribution in [3.8, 4) is 0 Å². The van der Waals surface area contributed by atoms with E-state index in [0.717, 1.165) is 0 Å². The van der Waals surface area contributed by atoms with Crippen molar-refractivity contribution in [2.24, 2.45) is 0 Å². The van der Waals surface area contributed by atoms with Crippen LogP contribution >= 0.6 is 0 Å². The average Bonchev–Trinajstić information content (AvgIpc) is 2.93. The molecule has 3 aromatic rings. The molecule has 0 saturated heterocycles. The summed E-state index contributed by atoms with van der Waals surface area (Å²) in [5.74, 6) is -0.933. The molecule has 0 spiro atoms. The zero-order valence-electron chi connectivity index (χ0n) is 21.1. The lowest BCUT2D eigenvalue weighted by Gasteiger charge is -2.18. The number of carbonyl (C=O) groups is 4. The fourth-order valence-corrected chi connectivity index (χ4v) is 3.03. The molecule has 8 heteroatoms. The maximum atomic E-state index is 12.9. The predicted octanol–water partition coefficient (Wildman–Crippen LogP) is 5.40. The van der Waals surface area contributed by atoms with Crippen molar-refractivity contribution in [1.29, 1.82) is 0 Å². The van der Waals surface area contributed by atoms with Gasteiger partial charge >= 0.3 is 5.97 Å². The number of rotatable bonds is 7. The van der Waals surface area contributed by atoms with Gasteiger partial charge in [-0.25, -0.2) is 0 Å². The van der Waals surface area contributed by atoms with Gasteiger partial charge in [-0.05, 0) is 37.3 Å². The van der Waals surface area contributed by atoms with Crippen molar-refractivity contribution in [1.82, 2.24) is 0 Å². The average molecular weight is 493 g/mol. The van der Waals surface area contributed by atoms with Gasteiger partial charge in [0.15, 0.2) is 12.1 Å². The number of amides is 1. The van der Waals surface area contributed by atoms with Crippen molar-refractivity contribution in [2.75, 3.05) is 24.0 Å². The van der Waals surface area contributed by atoms with Gasteiger partial charge in [0.1, 0.15) is 0 Å². The maximum absolute atomic E-state index is 12.9. The minimum Gasteiger partial charge on any atom is -0.466 e. The highest BCUT2D eigenvalue weighted by atomic mass is 16.5. The van der Waals surface area contributed by atoms with Gasteiger partial charge in [0.25, 0.3) is 5.91 Å². The van der Waals surface area contributed by atoms with Crippen molar-refractivity contribution < 1.29 is 29.1 Å². The zero-order chi connectivity index (χ0) is 27.1. The molecule has 0 aliphatic rings. The van der Waals surface area contributed by atoms with Crippen LogP contribution in [-0.2, 0) is 9.53 Å². The smallest absolute Gasteiger partial charge is 0.302 e. The normalized spacial score (nSPS) is 9.39. The Morgan fingerprint density at radius 3 is 2.11 bits per heavy atom. The van der Waals surface area contributed by atoms with Crippen LogP contribution in [-0.4, -0.2) is 42.8 Å². The third-order valence-electron chi connectivity index (χ3n) is 4.72. The third kappa shape index (κ3) is 8.48. The SMILES string of the molecule is CC.CCOC(C)=O.CN(C(=O)c1cc(C(=O)c2cccc(NO)c2)ccc1C=O)c1ccccc1. The first kappa shape index (κ1) is 29.7. The molecular formula is C28H32N2O6. The van der Waals surface area contributed by atoms with Gasteiger partial charge in [0, 0.05) is 36.3 Å². The molecule has 1 amide bonds. The summed E-state index contributed by atoms with van der Waals surface area (Å²) in [6.45, 7) is 7.65. The Morgan fingerprint density at radius 1 is 0.944 bits per heavy atom. The van der Waals surface area contributed by atoms with Crippen molar-refractivity contribution in [2.45, 2.75) is 27.7 Å². The highest BCUT2D eigenvalue weighted by Gasteiger charge is 2.20. The Kier molecular flexibility index (Phi) is 12.9. The fraction of sp³-hybridized carbons (Fsp3) is 0.214. The summed E-state index contributed by atoms with van der Waals surface area (Å²) >= 11 is 0. The van der Waals surface area contributed by atoms with Crippen molar-refractivity contribution in [3.05, 3.63) is 95.1 Å². The van der Waals surface area contributed by atoms with Crippen molar-refractivity contribution >= 4 is 35.3 Å². The summed E-state index contributed by atoms with van der Waals surface area (Å²) in [7, 11) is 1.61. The number of ether oxygens (including phenoxy) is 1. The summed E-state index contributed by atoms with van der Waals surface area (Å²) in [4.78, 5) is 48.4. The second kappa shape index (κ2) is 15.6. The van der Waals surface area contributed by atoms with E-state index in [2.05, 4.69) is 4.74 Å². The molecule has 0 atom stereocenters. The molecule has 0 saturated carbocycles. The van der Waals surface area contributed by atoms with Gasteiger partial charge in [-0.2, -0.15) is 0 Å². The molecule has 0 aliphatic heterocycles. The van der Waals surface area contributed by atoms with Crippen LogP contribution in [0.4, 0.5) is 11.4 Å². The first-order chi connectivity index (χ1) is 17.3. The van der Waals surface area contributed by atoms with E-state index in [1.54, 1.807) is 44.3 Å². The number of anilines is 2. The van der Waals surface area contributed by atoms with Crippen molar-refractivity contribution in [3.63, 3.8) is 0 Å². The molecule has 0 aromatic heterocycles. The van der Waals surface area contributed by atoms with Crippen LogP contribution in [0.3, 0.4) is 0 Å². The summed E-state index contributed by atoms with van der Waals surface area (Å²) in [5.41, 5.74) is 3.99. The molecule has 0 radical (unpaired) electrons. The van der Waals surface area contributed by atoms with Gasteiger partial charge in [-0.3, -0.25) is 29.9 Å². The first-order valence-corrected chi connectivity index (χ1v) is 11.4. The third-order valence-corrected chi connectivity index (χ3v) is 4.72. The second-order valence-corrected chi connectivity index (χ2v) is 7.07. The maximum Gasteiger partial charge on any atom is 0.302 e. The number of benzene rings is 3. The second-order valence-electron chi connectivity index (χ2n) is 7.07. The van der Waals surface area contributed by atoms with E-state index in [4.69, 9.17) is 5.21 Å². The molecule has 8 nitrogen and oxygen atoms in total. The molecule has 190 valence electrons. The van der Waals surface area contributed by atoms with Gasteiger partial charge in [-0.1, -0.05) is 56.3 Å². The molecule has 0 unspecified atom stereocenters. The van der Waals surface area contributed by atoms with E-state index in [-0.39, 0.29) is 28.4 Å². The Labute approximate surface area is 211 Å². The topological polar surface area (TPSA) is 113 Å². The molecule has 0 aliphatic carbocycles. The van der Waals surface area contributed by atoms with E-state index in [0.29, 0.717) is 29.8 Å². The van der Waals surface area contributed by atoms with Gasteiger partial charge in [0.2, 0.25) is 0 Å². The number of para-hydroxylation sites is 1. The Morgan fingerprint density at radius 2 is 1.58 bits per heavy atom. The Bertz CT molecular complexity index is 1160. The lowest BCUT2D eigenvalue weighted by molar-refractivity contribution is -0.140. The highest BCUT2D eigenvalue weighted by molar-refractivity contribution is 6.14. The Balaban J connectivity index is 0.000000710. The largest absolute Gasteiger partial charge is 0.466 e. The molecule has 3 aromatic carbocycles. The number of ketones is 1. The molecule has 3 rings (SSSR count). The number of nitrogens with one attached hydrogen (secondary N) is 1. The van der Waals surface area contributed by atoms with E-state index in [1.165, 1.54) is 36.1 Å². The van der Waals surface area contributed by atoms with Gasteiger partial charge < -0.3 is 9.64 Å². The zero-order valence-corrected chi connectivity index (χ0v) is 21.1. The van der Waals surface area contributed by atoms with E-state index in [1.807, 2.05) is 37.5 Å². The summed E-state index contributed by atoms with van der Waals surface area (Å²) < 4.78 is 4.40. The lowest BCUT2D eigenvalue weighted by atomic mass is 9.97. The van der Waals surface area contributed by atoms with Gasteiger partial charge in [-0.15, -0.1) is 0 Å². The first-order valence-electron chi connectivity index (χ1n) is 11.4. The quantitative estimate of drug-likeness (QED) is 0.196. The molecule has 0 heterocycles. The minimum absolute atomic E-state index is 0.142. The number of carbonyl (C=O) groups excluding carboxylic acids is 4. The summed E-state index contributed by atoms with van der Waals surface area (Å²) in [6, 6.07) is 19.7.